The Bertz CT molecular complexity index is 468. The molecule has 0 saturated heterocycles. The summed E-state index contributed by atoms with van der Waals surface area (Å²) in [6, 6.07) is 6.18. The Balaban J connectivity index is 2.47. The van der Waals surface area contributed by atoms with Crippen molar-refractivity contribution < 1.29 is 14.7 Å². The van der Waals surface area contributed by atoms with Crippen LogP contribution in [-0.4, -0.2) is 23.5 Å². The Labute approximate surface area is 113 Å². The lowest BCUT2D eigenvalue weighted by molar-refractivity contribution is -0.147. The van der Waals surface area contributed by atoms with E-state index in [2.05, 4.69) is 31.3 Å². The van der Waals surface area contributed by atoms with Crippen molar-refractivity contribution in [2.45, 2.75) is 33.6 Å². The first-order valence-corrected chi connectivity index (χ1v) is 6.52. The van der Waals surface area contributed by atoms with Gasteiger partial charge in [0, 0.05) is 6.54 Å². The molecule has 4 nitrogen and oxygen atoms in total. The molecule has 1 atom stereocenters. The maximum absolute atomic E-state index is 11.6. The van der Waals surface area contributed by atoms with Gasteiger partial charge in [-0.15, -0.1) is 0 Å². The van der Waals surface area contributed by atoms with Gasteiger partial charge in [0.2, 0.25) is 5.91 Å². The summed E-state index contributed by atoms with van der Waals surface area (Å²) in [6.45, 7) is 6.27. The number of amides is 1. The van der Waals surface area contributed by atoms with Crippen LogP contribution < -0.4 is 5.32 Å². The summed E-state index contributed by atoms with van der Waals surface area (Å²) in [5, 5.41) is 11.5. The van der Waals surface area contributed by atoms with Crippen LogP contribution in [0.15, 0.2) is 18.2 Å². The Morgan fingerprint density at radius 2 is 1.95 bits per heavy atom. The number of carbonyl (C=O) groups excluding carboxylic acids is 1. The zero-order valence-electron chi connectivity index (χ0n) is 11.7. The lowest BCUT2D eigenvalue weighted by Crippen LogP contribution is -2.36. The highest BCUT2D eigenvalue weighted by Crippen LogP contribution is 2.10. The fraction of sp³-hybridized carbons (Fsp3) is 0.467. The normalized spacial score (nSPS) is 11.9. The molecule has 0 aliphatic carbocycles. The Morgan fingerprint density at radius 3 is 2.47 bits per heavy atom. The minimum absolute atomic E-state index is 0.310. The van der Waals surface area contributed by atoms with Crippen LogP contribution in [0.1, 0.15) is 30.0 Å². The fourth-order valence-corrected chi connectivity index (χ4v) is 1.88. The summed E-state index contributed by atoms with van der Waals surface area (Å²) in [7, 11) is 0. The van der Waals surface area contributed by atoms with Crippen LogP contribution >= 0.6 is 0 Å². The first kappa shape index (κ1) is 15.2. The van der Waals surface area contributed by atoms with Crippen LogP contribution in [0.4, 0.5) is 0 Å². The number of benzene rings is 1. The summed E-state index contributed by atoms with van der Waals surface area (Å²) in [6.07, 6.45) is 1.02. The van der Waals surface area contributed by atoms with Gasteiger partial charge in [-0.05, 0) is 43.4 Å². The largest absolute Gasteiger partial charge is 0.481 e. The van der Waals surface area contributed by atoms with Crippen molar-refractivity contribution >= 4 is 11.9 Å². The highest BCUT2D eigenvalue weighted by atomic mass is 16.4. The fourth-order valence-electron chi connectivity index (χ4n) is 1.88. The summed E-state index contributed by atoms with van der Waals surface area (Å²) in [5.74, 6) is -2.41. The molecule has 104 valence electrons. The van der Waals surface area contributed by atoms with E-state index in [1.54, 1.807) is 6.92 Å². The van der Waals surface area contributed by atoms with Gasteiger partial charge in [0.1, 0.15) is 5.92 Å². The second-order valence-electron chi connectivity index (χ2n) is 4.76. The van der Waals surface area contributed by atoms with Crippen LogP contribution in [0.2, 0.25) is 0 Å². The molecule has 0 aromatic heterocycles. The van der Waals surface area contributed by atoms with Crippen molar-refractivity contribution in [2.75, 3.05) is 6.54 Å². The number of hydrogen-bond acceptors (Lipinski definition) is 2. The van der Waals surface area contributed by atoms with Crippen molar-refractivity contribution in [3.8, 4) is 0 Å². The Kier molecular flexibility index (Phi) is 5.55. The molecule has 0 aliphatic heterocycles. The minimum atomic E-state index is -1.06. The molecule has 0 fully saturated rings. The van der Waals surface area contributed by atoms with E-state index in [0.29, 0.717) is 19.4 Å². The van der Waals surface area contributed by atoms with E-state index in [0.717, 1.165) is 5.56 Å². The molecule has 0 spiro atoms. The number of carboxylic acid groups (broad SMARTS) is 1. The van der Waals surface area contributed by atoms with Crippen LogP contribution in [0.3, 0.4) is 0 Å². The molecule has 4 heteroatoms. The third-order valence-electron chi connectivity index (χ3n) is 3.31. The first-order chi connectivity index (χ1) is 8.95. The topological polar surface area (TPSA) is 66.4 Å². The van der Waals surface area contributed by atoms with Gasteiger partial charge in [0.05, 0.1) is 0 Å². The van der Waals surface area contributed by atoms with E-state index in [1.165, 1.54) is 11.1 Å². The lowest BCUT2D eigenvalue weighted by atomic mass is 10.0. The molecular formula is C15H21NO3. The van der Waals surface area contributed by atoms with Crippen molar-refractivity contribution in [2.24, 2.45) is 5.92 Å². The predicted molar refractivity (Wildman–Crippen MR) is 74.0 cm³/mol. The van der Waals surface area contributed by atoms with Gasteiger partial charge < -0.3 is 10.4 Å². The van der Waals surface area contributed by atoms with E-state index in [9.17, 15) is 9.59 Å². The molecule has 1 rings (SSSR count). The summed E-state index contributed by atoms with van der Waals surface area (Å²) < 4.78 is 0. The molecule has 1 aromatic rings. The summed E-state index contributed by atoms with van der Waals surface area (Å²) in [4.78, 5) is 22.5. The molecule has 0 heterocycles. The maximum atomic E-state index is 11.6. The van der Waals surface area contributed by atoms with Gasteiger partial charge in [0.15, 0.2) is 0 Å². The number of rotatable bonds is 6. The highest BCUT2D eigenvalue weighted by Gasteiger charge is 2.23. The molecule has 1 aromatic carbocycles. The molecule has 0 saturated carbocycles. The number of aryl methyl sites for hydroxylation is 2. The van der Waals surface area contributed by atoms with E-state index < -0.39 is 17.8 Å². The van der Waals surface area contributed by atoms with Crippen LogP contribution in [0, 0.1) is 19.8 Å². The molecule has 2 N–H and O–H groups in total. The van der Waals surface area contributed by atoms with Gasteiger partial charge in [-0.1, -0.05) is 25.1 Å². The number of aliphatic carboxylic acids is 1. The van der Waals surface area contributed by atoms with Gasteiger partial charge >= 0.3 is 5.97 Å². The zero-order chi connectivity index (χ0) is 14.4. The first-order valence-electron chi connectivity index (χ1n) is 6.52. The standard InChI is InChI=1S/C15H21NO3/c1-4-13(15(18)19)14(17)16-8-7-12-6-5-10(2)11(3)9-12/h5-6,9,13H,4,7-8H2,1-3H3,(H,16,17)(H,18,19). The molecular weight excluding hydrogens is 242 g/mol. The molecule has 0 bridgehead atoms. The van der Waals surface area contributed by atoms with Gasteiger partial charge in [-0.2, -0.15) is 0 Å². The number of nitrogens with one attached hydrogen (secondary N) is 1. The predicted octanol–water partition coefficient (Wildman–Crippen LogP) is 2.07. The van der Waals surface area contributed by atoms with Crippen molar-refractivity contribution in [3.05, 3.63) is 34.9 Å². The molecule has 0 radical (unpaired) electrons. The molecule has 1 unspecified atom stereocenters. The average Bonchev–Trinajstić information content (AvgIpc) is 2.34. The minimum Gasteiger partial charge on any atom is -0.481 e. The molecule has 1 amide bonds. The number of carbonyl (C=O) groups is 2. The van der Waals surface area contributed by atoms with E-state index >= 15 is 0 Å². The Morgan fingerprint density at radius 1 is 1.26 bits per heavy atom. The SMILES string of the molecule is CCC(C(=O)O)C(=O)NCCc1ccc(C)c(C)c1. The van der Waals surface area contributed by atoms with E-state index in [4.69, 9.17) is 5.11 Å². The third kappa shape index (κ3) is 4.39. The molecule has 19 heavy (non-hydrogen) atoms. The number of hydrogen-bond donors (Lipinski definition) is 2. The maximum Gasteiger partial charge on any atom is 0.316 e. The van der Waals surface area contributed by atoms with E-state index in [1.807, 2.05) is 6.07 Å². The lowest BCUT2D eigenvalue weighted by Gasteiger charge is -2.11. The van der Waals surface area contributed by atoms with Gasteiger partial charge in [-0.3, -0.25) is 9.59 Å². The highest BCUT2D eigenvalue weighted by molar-refractivity contribution is 5.96. The quantitative estimate of drug-likeness (QED) is 0.772. The second kappa shape index (κ2) is 6.92. The smallest absolute Gasteiger partial charge is 0.316 e. The van der Waals surface area contributed by atoms with Crippen molar-refractivity contribution in [1.29, 1.82) is 0 Å². The van der Waals surface area contributed by atoms with Gasteiger partial charge in [-0.25, -0.2) is 0 Å². The van der Waals surface area contributed by atoms with Crippen molar-refractivity contribution in [1.82, 2.24) is 5.32 Å². The monoisotopic (exact) mass is 263 g/mol. The summed E-state index contributed by atoms with van der Waals surface area (Å²) in [5.41, 5.74) is 3.61. The third-order valence-corrected chi connectivity index (χ3v) is 3.31. The summed E-state index contributed by atoms with van der Waals surface area (Å²) >= 11 is 0. The molecule has 0 aliphatic rings. The zero-order valence-corrected chi connectivity index (χ0v) is 11.7. The number of carboxylic acids is 1. The van der Waals surface area contributed by atoms with Crippen LogP contribution in [0.25, 0.3) is 0 Å². The van der Waals surface area contributed by atoms with Gasteiger partial charge in [0.25, 0.3) is 0 Å². The van der Waals surface area contributed by atoms with E-state index in [-0.39, 0.29) is 0 Å². The van der Waals surface area contributed by atoms with Crippen LogP contribution in [-0.2, 0) is 16.0 Å². The van der Waals surface area contributed by atoms with Crippen LogP contribution in [0.5, 0.6) is 0 Å². The Hall–Kier alpha value is -1.84. The average molecular weight is 263 g/mol. The van der Waals surface area contributed by atoms with Crippen molar-refractivity contribution in [3.63, 3.8) is 0 Å². The second-order valence-corrected chi connectivity index (χ2v) is 4.76.